The number of carbonyl (C=O) groups excluding carboxylic acids is 1. The monoisotopic (exact) mass is 360 g/mol. The number of carbonyl (C=O) groups is 1. The third-order valence-corrected chi connectivity index (χ3v) is 5.97. The van der Waals surface area contributed by atoms with Crippen LogP contribution in [0, 0.1) is 10.1 Å². The van der Waals surface area contributed by atoms with Crippen LogP contribution in [0.3, 0.4) is 0 Å². The standard InChI is InChI=1S/C14H19NO6PS/c16-14(22(19,20)21)12-9-10(15(17)18)7-8-13(12)23-11-5-3-1-2-4-6-11/h7-9,11,19-21H,1-6H2/q+1. The molecule has 1 aliphatic rings. The molecule has 0 spiro atoms. The van der Waals surface area contributed by atoms with Crippen molar-refractivity contribution in [3.63, 3.8) is 0 Å². The van der Waals surface area contributed by atoms with Crippen LogP contribution < -0.4 is 0 Å². The Morgan fingerprint density at radius 3 is 2.30 bits per heavy atom. The summed E-state index contributed by atoms with van der Waals surface area (Å²) in [5.41, 5.74) is -1.78. The van der Waals surface area contributed by atoms with Crippen molar-refractivity contribution in [3.05, 3.63) is 33.9 Å². The number of nitrogens with zero attached hydrogens (tertiary/aromatic N) is 1. The number of thioether (sulfide) groups is 1. The van der Waals surface area contributed by atoms with Gasteiger partial charge in [-0.15, -0.1) is 11.8 Å². The summed E-state index contributed by atoms with van der Waals surface area (Å²) in [6.45, 7) is 0. The summed E-state index contributed by atoms with van der Waals surface area (Å²) in [6, 6.07) is 3.72. The van der Waals surface area contributed by atoms with Crippen LogP contribution in [0.15, 0.2) is 23.1 Å². The van der Waals surface area contributed by atoms with Gasteiger partial charge in [0.05, 0.1) is 10.5 Å². The van der Waals surface area contributed by atoms with Crippen molar-refractivity contribution in [2.75, 3.05) is 0 Å². The summed E-state index contributed by atoms with van der Waals surface area (Å²) in [4.78, 5) is 50.4. The molecule has 0 atom stereocenters. The zero-order valence-electron chi connectivity index (χ0n) is 12.4. The van der Waals surface area contributed by atoms with E-state index in [2.05, 4.69) is 0 Å². The second-order valence-electron chi connectivity index (χ2n) is 5.54. The SMILES string of the molecule is O=C(c1cc([N+](=O)[O-])ccc1SC1CCCCCC1)[P+](O)(O)O. The molecule has 9 heteroatoms. The van der Waals surface area contributed by atoms with Crippen LogP contribution in [-0.2, 0) is 0 Å². The fraction of sp³-hybridized carbons (Fsp3) is 0.500. The van der Waals surface area contributed by atoms with Crippen molar-refractivity contribution >= 4 is 30.9 Å². The average molecular weight is 360 g/mol. The second kappa shape index (κ2) is 7.68. The van der Waals surface area contributed by atoms with Crippen LogP contribution >= 0.6 is 19.7 Å². The van der Waals surface area contributed by atoms with Gasteiger partial charge in [-0.1, -0.05) is 25.7 Å². The molecule has 23 heavy (non-hydrogen) atoms. The molecule has 2 rings (SSSR count). The quantitative estimate of drug-likeness (QED) is 0.319. The molecule has 1 aliphatic carbocycles. The van der Waals surface area contributed by atoms with E-state index >= 15 is 0 Å². The van der Waals surface area contributed by atoms with Gasteiger partial charge in [0.25, 0.3) is 5.69 Å². The van der Waals surface area contributed by atoms with Crippen molar-refractivity contribution in [1.82, 2.24) is 0 Å². The molecule has 0 amide bonds. The molecule has 0 bridgehead atoms. The van der Waals surface area contributed by atoms with E-state index in [-0.39, 0.29) is 16.5 Å². The van der Waals surface area contributed by atoms with Crippen molar-refractivity contribution in [3.8, 4) is 0 Å². The van der Waals surface area contributed by atoms with Gasteiger partial charge in [0.2, 0.25) is 0 Å². The zero-order valence-corrected chi connectivity index (χ0v) is 14.1. The van der Waals surface area contributed by atoms with Gasteiger partial charge in [0, 0.05) is 22.3 Å². The van der Waals surface area contributed by atoms with E-state index in [0.717, 1.165) is 31.7 Å². The van der Waals surface area contributed by atoms with E-state index in [1.54, 1.807) is 0 Å². The fourth-order valence-electron chi connectivity index (χ4n) is 2.60. The van der Waals surface area contributed by atoms with Gasteiger partial charge in [0.1, 0.15) is 0 Å². The Morgan fingerprint density at radius 1 is 1.17 bits per heavy atom. The van der Waals surface area contributed by atoms with Crippen molar-refractivity contribution in [2.45, 2.75) is 48.7 Å². The van der Waals surface area contributed by atoms with E-state index < -0.39 is 18.4 Å². The molecular formula is C14H19NO6PS+. The number of non-ortho nitro benzene ring substituents is 1. The number of benzene rings is 1. The third-order valence-electron chi connectivity index (χ3n) is 3.77. The summed E-state index contributed by atoms with van der Waals surface area (Å²) < 4.78 is 0. The average Bonchev–Trinajstić information content (AvgIpc) is 2.74. The minimum absolute atomic E-state index is 0.200. The molecule has 0 heterocycles. The minimum atomic E-state index is -4.74. The van der Waals surface area contributed by atoms with Crippen LogP contribution in [0.4, 0.5) is 5.69 Å². The first-order valence-electron chi connectivity index (χ1n) is 7.36. The molecule has 126 valence electrons. The zero-order chi connectivity index (χ0) is 17.0. The lowest BCUT2D eigenvalue weighted by Crippen LogP contribution is -2.09. The Kier molecular flexibility index (Phi) is 6.11. The minimum Gasteiger partial charge on any atom is -0.258 e. The van der Waals surface area contributed by atoms with E-state index in [4.69, 9.17) is 0 Å². The number of hydrogen-bond donors (Lipinski definition) is 3. The van der Waals surface area contributed by atoms with Gasteiger partial charge in [-0.05, 0) is 18.9 Å². The maximum Gasteiger partial charge on any atom is 0.483 e. The van der Waals surface area contributed by atoms with E-state index in [9.17, 15) is 29.6 Å². The topological polar surface area (TPSA) is 121 Å². The van der Waals surface area contributed by atoms with E-state index in [1.807, 2.05) is 0 Å². The molecule has 0 aliphatic heterocycles. The lowest BCUT2D eigenvalue weighted by Gasteiger charge is -2.15. The molecule has 1 saturated carbocycles. The maximum atomic E-state index is 12.0. The maximum absolute atomic E-state index is 12.0. The van der Waals surface area contributed by atoms with Gasteiger partial charge in [-0.3, -0.25) is 10.1 Å². The lowest BCUT2D eigenvalue weighted by molar-refractivity contribution is -0.384. The van der Waals surface area contributed by atoms with Gasteiger partial charge in [-0.25, -0.2) is 4.79 Å². The number of nitro groups is 1. The Labute approximate surface area is 138 Å². The summed E-state index contributed by atoms with van der Waals surface area (Å²) in [5.74, 6) is 0. The van der Waals surface area contributed by atoms with Gasteiger partial charge >= 0.3 is 13.5 Å². The highest BCUT2D eigenvalue weighted by molar-refractivity contribution is 8.00. The van der Waals surface area contributed by atoms with E-state index in [1.165, 1.54) is 36.7 Å². The smallest absolute Gasteiger partial charge is 0.258 e. The molecule has 1 aromatic carbocycles. The largest absolute Gasteiger partial charge is 0.483 e. The summed E-state index contributed by atoms with van der Waals surface area (Å²) in [5, 5.41) is 11.2. The van der Waals surface area contributed by atoms with Crippen molar-refractivity contribution in [2.24, 2.45) is 0 Å². The highest BCUT2D eigenvalue weighted by atomic mass is 32.2. The summed E-state index contributed by atoms with van der Waals surface area (Å²) >= 11 is 1.41. The van der Waals surface area contributed by atoms with Crippen LogP contribution in [0.2, 0.25) is 0 Å². The molecule has 3 N–H and O–H groups in total. The van der Waals surface area contributed by atoms with Gasteiger partial charge < -0.3 is 0 Å². The summed E-state index contributed by atoms with van der Waals surface area (Å²) in [7, 11) is -4.74. The first-order chi connectivity index (χ1) is 10.8. The first-order valence-corrected chi connectivity index (χ1v) is 9.89. The predicted molar refractivity (Wildman–Crippen MR) is 88.4 cm³/mol. The summed E-state index contributed by atoms with van der Waals surface area (Å²) in [6.07, 6.45) is 6.47. The van der Waals surface area contributed by atoms with Crippen molar-refractivity contribution in [1.29, 1.82) is 0 Å². The third kappa shape index (κ3) is 4.96. The predicted octanol–water partition coefficient (Wildman–Crippen LogP) is 3.29. The molecule has 0 unspecified atom stereocenters. The Bertz CT molecular complexity index is 595. The molecule has 1 fully saturated rings. The first kappa shape index (κ1) is 18.3. The highest BCUT2D eigenvalue weighted by Crippen LogP contribution is 2.50. The van der Waals surface area contributed by atoms with Gasteiger partial charge in [0.15, 0.2) is 0 Å². The fourth-order valence-corrected chi connectivity index (χ4v) is 4.54. The number of nitro benzene ring substituents is 1. The molecule has 1 aromatic rings. The second-order valence-corrected chi connectivity index (χ2v) is 8.43. The molecule has 0 saturated heterocycles. The Hall–Kier alpha value is -1.05. The van der Waals surface area contributed by atoms with Crippen LogP contribution in [0.5, 0.6) is 0 Å². The lowest BCUT2D eigenvalue weighted by atomic mass is 10.2. The number of hydrogen-bond acceptors (Lipinski definition) is 7. The van der Waals surface area contributed by atoms with E-state index in [0.29, 0.717) is 4.90 Å². The van der Waals surface area contributed by atoms with Crippen LogP contribution in [-0.4, -0.2) is 30.4 Å². The Morgan fingerprint density at radius 2 is 1.78 bits per heavy atom. The number of rotatable bonds is 5. The van der Waals surface area contributed by atoms with Crippen LogP contribution in [0.1, 0.15) is 48.9 Å². The highest BCUT2D eigenvalue weighted by Gasteiger charge is 2.45. The Balaban J connectivity index is 2.33. The normalized spacial score (nSPS) is 16.8. The molecule has 7 nitrogen and oxygen atoms in total. The molecule has 0 radical (unpaired) electrons. The van der Waals surface area contributed by atoms with Gasteiger partial charge in [-0.2, -0.15) is 14.7 Å². The van der Waals surface area contributed by atoms with Crippen molar-refractivity contribution < 1.29 is 24.4 Å². The van der Waals surface area contributed by atoms with Crippen LogP contribution in [0.25, 0.3) is 0 Å². The molecule has 0 aromatic heterocycles. The molecular weight excluding hydrogens is 341 g/mol.